The third kappa shape index (κ3) is 8.12. The van der Waals surface area contributed by atoms with Crippen molar-refractivity contribution in [2.45, 2.75) is 31.7 Å². The van der Waals surface area contributed by atoms with Gasteiger partial charge in [-0.1, -0.05) is 67.3 Å². The van der Waals surface area contributed by atoms with Crippen LogP contribution in [0.2, 0.25) is 0 Å². The molecule has 0 spiro atoms. The van der Waals surface area contributed by atoms with Crippen LogP contribution in [0.15, 0.2) is 84.9 Å². The van der Waals surface area contributed by atoms with Gasteiger partial charge < -0.3 is 10.6 Å². The van der Waals surface area contributed by atoms with E-state index in [4.69, 9.17) is 5.21 Å². The highest BCUT2D eigenvalue weighted by Crippen LogP contribution is 2.19. The van der Waals surface area contributed by atoms with Crippen molar-refractivity contribution in [2.24, 2.45) is 0 Å². The number of nitrogens with one attached hydrogen (secondary N) is 3. The van der Waals surface area contributed by atoms with E-state index in [2.05, 4.69) is 22.5 Å². The van der Waals surface area contributed by atoms with Crippen molar-refractivity contribution in [1.82, 2.24) is 16.1 Å². The first-order valence-corrected chi connectivity index (χ1v) is 11.7. The smallest absolute Gasteiger partial charge is 0.267 e. The van der Waals surface area contributed by atoms with E-state index in [1.54, 1.807) is 24.3 Å². The fourth-order valence-electron chi connectivity index (χ4n) is 3.50. The molecule has 3 aromatic rings. The highest BCUT2D eigenvalue weighted by molar-refractivity contribution is 5.97. The van der Waals surface area contributed by atoms with Crippen LogP contribution < -0.4 is 16.1 Å². The SMILES string of the molecule is C[C@@H](CCC(=O)NC[C@H](NC(=O)c1ccc(C#Cc2ccccc2)cc1)C(=O)NO)c1ccccc1. The van der Waals surface area contributed by atoms with Crippen molar-refractivity contribution in [2.75, 3.05) is 6.54 Å². The lowest BCUT2D eigenvalue weighted by atomic mass is 9.96. The average molecular weight is 484 g/mol. The Morgan fingerprint density at radius 1 is 0.833 bits per heavy atom. The third-order valence-electron chi connectivity index (χ3n) is 5.68. The van der Waals surface area contributed by atoms with E-state index in [9.17, 15) is 14.4 Å². The molecular weight excluding hydrogens is 454 g/mol. The van der Waals surface area contributed by atoms with Crippen molar-refractivity contribution < 1.29 is 19.6 Å². The molecule has 0 aliphatic carbocycles. The predicted octanol–water partition coefficient (Wildman–Crippen LogP) is 3.39. The molecular formula is C29H29N3O4. The number of hydrogen-bond donors (Lipinski definition) is 4. The molecule has 0 saturated carbocycles. The minimum atomic E-state index is -1.14. The first kappa shape index (κ1) is 26.2. The molecule has 3 amide bonds. The second kappa shape index (κ2) is 13.5. The number of carbonyl (C=O) groups is 3. The zero-order valence-electron chi connectivity index (χ0n) is 20.0. The Balaban J connectivity index is 1.52. The van der Waals surface area contributed by atoms with Gasteiger partial charge in [-0.05, 0) is 54.3 Å². The number of benzene rings is 3. The summed E-state index contributed by atoms with van der Waals surface area (Å²) in [7, 11) is 0. The van der Waals surface area contributed by atoms with Crippen LogP contribution in [-0.4, -0.2) is 35.5 Å². The summed E-state index contributed by atoms with van der Waals surface area (Å²) >= 11 is 0. The Morgan fingerprint density at radius 3 is 2.03 bits per heavy atom. The van der Waals surface area contributed by atoms with E-state index in [0.717, 1.165) is 16.7 Å². The predicted molar refractivity (Wildman–Crippen MR) is 137 cm³/mol. The summed E-state index contributed by atoms with van der Waals surface area (Å²) < 4.78 is 0. The molecule has 2 atom stereocenters. The Morgan fingerprint density at radius 2 is 1.42 bits per heavy atom. The van der Waals surface area contributed by atoms with Crippen LogP contribution in [0.3, 0.4) is 0 Å². The molecule has 0 aromatic heterocycles. The molecule has 0 saturated heterocycles. The van der Waals surface area contributed by atoms with E-state index < -0.39 is 17.9 Å². The molecule has 0 fully saturated rings. The van der Waals surface area contributed by atoms with Gasteiger partial charge in [-0.3, -0.25) is 19.6 Å². The molecule has 0 radical (unpaired) electrons. The molecule has 36 heavy (non-hydrogen) atoms. The fourth-order valence-corrected chi connectivity index (χ4v) is 3.50. The highest BCUT2D eigenvalue weighted by Gasteiger charge is 2.22. The summed E-state index contributed by atoms with van der Waals surface area (Å²) in [6.07, 6.45) is 0.904. The summed E-state index contributed by atoms with van der Waals surface area (Å²) in [5.41, 5.74) is 4.62. The molecule has 0 heterocycles. The first-order chi connectivity index (χ1) is 17.5. The second-order valence-electron chi connectivity index (χ2n) is 8.35. The van der Waals surface area contributed by atoms with Crippen LogP contribution in [0.1, 0.15) is 52.7 Å². The summed E-state index contributed by atoms with van der Waals surface area (Å²) in [5.74, 6) is 4.69. The molecule has 0 unspecified atom stereocenters. The maximum atomic E-state index is 12.7. The highest BCUT2D eigenvalue weighted by atomic mass is 16.5. The van der Waals surface area contributed by atoms with Crippen molar-refractivity contribution in [1.29, 1.82) is 0 Å². The first-order valence-electron chi connectivity index (χ1n) is 11.7. The quantitative estimate of drug-likeness (QED) is 0.213. The van der Waals surface area contributed by atoms with Gasteiger partial charge in [-0.15, -0.1) is 0 Å². The van der Waals surface area contributed by atoms with E-state index in [-0.39, 0.29) is 24.8 Å². The van der Waals surface area contributed by atoms with Crippen LogP contribution >= 0.6 is 0 Å². The van der Waals surface area contributed by atoms with Crippen molar-refractivity contribution in [3.05, 3.63) is 107 Å². The van der Waals surface area contributed by atoms with E-state index in [1.165, 1.54) is 5.48 Å². The number of amides is 3. The summed E-state index contributed by atoms with van der Waals surface area (Å²) in [6.45, 7) is 1.89. The maximum Gasteiger partial charge on any atom is 0.267 e. The van der Waals surface area contributed by atoms with Gasteiger partial charge in [0.1, 0.15) is 6.04 Å². The molecule has 0 bridgehead atoms. The second-order valence-corrected chi connectivity index (χ2v) is 8.35. The van der Waals surface area contributed by atoms with Crippen molar-refractivity contribution in [3.8, 4) is 11.8 Å². The van der Waals surface area contributed by atoms with Gasteiger partial charge >= 0.3 is 0 Å². The van der Waals surface area contributed by atoms with E-state index in [0.29, 0.717) is 12.0 Å². The Kier molecular flexibility index (Phi) is 9.80. The lowest BCUT2D eigenvalue weighted by Crippen LogP contribution is -2.52. The largest absolute Gasteiger partial charge is 0.353 e. The van der Waals surface area contributed by atoms with E-state index >= 15 is 0 Å². The van der Waals surface area contributed by atoms with Gasteiger partial charge in [0, 0.05) is 29.7 Å². The summed E-state index contributed by atoms with van der Waals surface area (Å²) in [6, 6.07) is 24.9. The Hall–Kier alpha value is -4.41. The van der Waals surface area contributed by atoms with Crippen LogP contribution in [0.5, 0.6) is 0 Å². The normalized spacial score (nSPS) is 11.8. The van der Waals surface area contributed by atoms with Crippen molar-refractivity contribution >= 4 is 17.7 Å². The zero-order valence-corrected chi connectivity index (χ0v) is 20.0. The third-order valence-corrected chi connectivity index (χ3v) is 5.68. The molecule has 7 heteroatoms. The number of rotatable bonds is 9. The van der Waals surface area contributed by atoms with Crippen LogP contribution in [0.25, 0.3) is 0 Å². The molecule has 4 N–H and O–H groups in total. The number of hydrogen-bond acceptors (Lipinski definition) is 4. The zero-order chi connectivity index (χ0) is 25.8. The van der Waals surface area contributed by atoms with Crippen LogP contribution in [-0.2, 0) is 9.59 Å². The maximum absolute atomic E-state index is 12.7. The van der Waals surface area contributed by atoms with Gasteiger partial charge in [-0.2, -0.15) is 0 Å². The van der Waals surface area contributed by atoms with Crippen LogP contribution in [0, 0.1) is 11.8 Å². The monoisotopic (exact) mass is 483 g/mol. The number of carbonyl (C=O) groups excluding carboxylic acids is 3. The van der Waals surface area contributed by atoms with Crippen molar-refractivity contribution in [3.63, 3.8) is 0 Å². The topological polar surface area (TPSA) is 108 Å². The van der Waals surface area contributed by atoms with Gasteiger partial charge in [0.2, 0.25) is 5.91 Å². The summed E-state index contributed by atoms with van der Waals surface area (Å²) in [5, 5.41) is 14.3. The van der Waals surface area contributed by atoms with Gasteiger partial charge in [0.25, 0.3) is 11.8 Å². The molecule has 3 aromatic carbocycles. The Bertz CT molecular complexity index is 1220. The minimum absolute atomic E-state index is 0.155. The number of hydroxylamine groups is 1. The minimum Gasteiger partial charge on any atom is -0.353 e. The van der Waals surface area contributed by atoms with Gasteiger partial charge in [0.15, 0.2) is 0 Å². The molecule has 184 valence electrons. The van der Waals surface area contributed by atoms with Gasteiger partial charge in [0.05, 0.1) is 0 Å². The molecule has 7 nitrogen and oxygen atoms in total. The lowest BCUT2D eigenvalue weighted by molar-refractivity contribution is -0.131. The van der Waals surface area contributed by atoms with E-state index in [1.807, 2.05) is 67.6 Å². The molecule has 0 aliphatic rings. The Labute approximate surface area is 210 Å². The van der Waals surface area contributed by atoms with Crippen LogP contribution in [0.4, 0.5) is 0 Å². The van der Waals surface area contributed by atoms with Gasteiger partial charge in [-0.25, -0.2) is 5.48 Å². The fraction of sp³-hybridized carbons (Fsp3) is 0.207. The average Bonchev–Trinajstić information content (AvgIpc) is 2.93. The standard InChI is InChI=1S/C29H29N3O4/c1-21(24-10-6-3-7-11-24)12-19-27(33)30-20-26(29(35)32-36)31-28(34)25-17-15-23(16-18-25)14-13-22-8-4-2-5-9-22/h2-11,15-18,21,26,36H,12,19-20H2,1H3,(H,30,33)(H,31,34)(H,32,35)/t21-,26-/m0/s1. The summed E-state index contributed by atoms with van der Waals surface area (Å²) in [4.78, 5) is 37.1. The molecule has 3 rings (SSSR count). The lowest BCUT2D eigenvalue weighted by Gasteiger charge is -2.18. The molecule has 0 aliphatic heterocycles.